The van der Waals surface area contributed by atoms with Crippen LogP contribution in [0, 0.1) is 11.7 Å². The Labute approximate surface area is 209 Å². The molecule has 5 rings (SSSR count). The molecule has 0 amide bonds. The smallest absolute Gasteiger partial charge is 0.261 e. The predicted molar refractivity (Wildman–Crippen MR) is 136 cm³/mol. The summed E-state index contributed by atoms with van der Waals surface area (Å²) in [5, 5.41) is 3.60. The molecule has 2 N–H and O–H groups in total. The van der Waals surface area contributed by atoms with E-state index in [4.69, 9.17) is 14.2 Å². The van der Waals surface area contributed by atoms with E-state index in [-0.39, 0.29) is 28.5 Å². The third-order valence-electron chi connectivity index (χ3n) is 6.81. The number of sulfonamides is 1. The fourth-order valence-electron chi connectivity index (χ4n) is 5.10. The minimum atomic E-state index is -3.98. The molecule has 0 bridgehead atoms. The standard InChI is InChI=1S/C27H27FN2O5S/c1-33-24-13-16(14-25(34-2)27(24)35-3)26-19-8-6-7-18(19)20-15-17(11-12-22(20)29-26)36(31,32)30-23-10-5-4-9-21(23)28/h4-7,9-15,18-19,26,29-30H,8H2,1-3H3/t18-,19-,26+/m1/s1. The highest BCUT2D eigenvalue weighted by molar-refractivity contribution is 7.92. The van der Waals surface area contributed by atoms with Crippen molar-refractivity contribution in [2.75, 3.05) is 31.4 Å². The number of benzene rings is 3. The van der Waals surface area contributed by atoms with E-state index < -0.39 is 15.8 Å². The number of hydrogen-bond acceptors (Lipinski definition) is 6. The molecule has 0 radical (unpaired) electrons. The van der Waals surface area contributed by atoms with Gasteiger partial charge in [0.1, 0.15) is 5.82 Å². The highest BCUT2D eigenvalue weighted by Gasteiger charge is 2.39. The molecule has 36 heavy (non-hydrogen) atoms. The lowest BCUT2D eigenvalue weighted by Crippen LogP contribution is -2.29. The quantitative estimate of drug-likeness (QED) is 0.410. The zero-order chi connectivity index (χ0) is 25.4. The van der Waals surface area contributed by atoms with Crippen LogP contribution in [0.5, 0.6) is 17.2 Å². The Kier molecular flexibility index (Phi) is 6.26. The third kappa shape index (κ3) is 4.13. The monoisotopic (exact) mass is 510 g/mol. The number of nitrogens with one attached hydrogen (secondary N) is 2. The van der Waals surface area contributed by atoms with Crippen LogP contribution in [0.4, 0.5) is 15.8 Å². The molecule has 0 saturated heterocycles. The summed E-state index contributed by atoms with van der Waals surface area (Å²) in [6, 6.07) is 14.5. The van der Waals surface area contributed by atoms with Crippen molar-refractivity contribution in [1.29, 1.82) is 0 Å². The second kappa shape index (κ2) is 9.39. The maximum atomic E-state index is 14.1. The summed E-state index contributed by atoms with van der Waals surface area (Å²) in [6.07, 6.45) is 5.06. The zero-order valence-electron chi connectivity index (χ0n) is 20.1. The number of methoxy groups -OCH3 is 3. The summed E-state index contributed by atoms with van der Waals surface area (Å²) >= 11 is 0. The fourth-order valence-corrected chi connectivity index (χ4v) is 6.20. The molecule has 3 aromatic carbocycles. The van der Waals surface area contributed by atoms with E-state index in [2.05, 4.69) is 22.2 Å². The van der Waals surface area contributed by atoms with Gasteiger partial charge in [0.2, 0.25) is 5.75 Å². The van der Waals surface area contributed by atoms with Gasteiger partial charge in [-0.15, -0.1) is 0 Å². The fraction of sp³-hybridized carbons (Fsp3) is 0.259. The number of fused-ring (bicyclic) bond motifs is 3. The van der Waals surface area contributed by atoms with Crippen LogP contribution in [0.25, 0.3) is 0 Å². The minimum Gasteiger partial charge on any atom is -0.493 e. The Bertz CT molecular complexity index is 1410. The molecule has 1 heterocycles. The number of rotatable bonds is 7. The normalized spacial score (nSPS) is 20.2. The van der Waals surface area contributed by atoms with Crippen molar-refractivity contribution in [3.05, 3.63) is 83.7 Å². The van der Waals surface area contributed by atoms with Crippen molar-refractivity contribution >= 4 is 21.4 Å². The summed E-state index contributed by atoms with van der Waals surface area (Å²) in [5.41, 5.74) is 2.61. The van der Waals surface area contributed by atoms with Crippen LogP contribution >= 0.6 is 0 Å². The Morgan fingerprint density at radius 1 is 0.972 bits per heavy atom. The summed E-state index contributed by atoms with van der Waals surface area (Å²) in [5.74, 6) is 1.20. The molecule has 7 nitrogen and oxygen atoms in total. The van der Waals surface area contributed by atoms with Crippen LogP contribution in [0.2, 0.25) is 0 Å². The van der Waals surface area contributed by atoms with E-state index in [1.54, 1.807) is 39.5 Å². The number of anilines is 2. The number of ether oxygens (including phenoxy) is 3. The van der Waals surface area contributed by atoms with Gasteiger partial charge in [-0.25, -0.2) is 12.8 Å². The van der Waals surface area contributed by atoms with Crippen LogP contribution in [0.15, 0.2) is 71.6 Å². The van der Waals surface area contributed by atoms with Crippen LogP contribution in [-0.2, 0) is 10.0 Å². The predicted octanol–water partition coefficient (Wildman–Crippen LogP) is 5.48. The van der Waals surface area contributed by atoms with Crippen LogP contribution in [0.1, 0.15) is 29.5 Å². The molecule has 2 aliphatic rings. The first-order valence-corrected chi connectivity index (χ1v) is 13.0. The lowest BCUT2D eigenvalue weighted by atomic mass is 9.77. The average Bonchev–Trinajstić information content (AvgIpc) is 3.38. The van der Waals surface area contributed by atoms with Gasteiger partial charge in [0.15, 0.2) is 11.5 Å². The first-order valence-electron chi connectivity index (χ1n) is 11.5. The summed E-state index contributed by atoms with van der Waals surface area (Å²) < 4.78 is 59.1. The van der Waals surface area contributed by atoms with E-state index in [1.165, 1.54) is 24.3 Å². The number of hydrogen-bond donors (Lipinski definition) is 2. The molecule has 3 aromatic rings. The molecule has 9 heteroatoms. The van der Waals surface area contributed by atoms with Gasteiger partial charge in [0.25, 0.3) is 10.0 Å². The van der Waals surface area contributed by atoms with E-state index in [9.17, 15) is 12.8 Å². The highest BCUT2D eigenvalue weighted by atomic mass is 32.2. The third-order valence-corrected chi connectivity index (χ3v) is 8.17. The highest BCUT2D eigenvalue weighted by Crippen LogP contribution is 2.52. The topological polar surface area (TPSA) is 85.9 Å². The van der Waals surface area contributed by atoms with Gasteiger partial charge in [0.05, 0.1) is 38.0 Å². The van der Waals surface area contributed by atoms with Gasteiger partial charge in [-0.05, 0) is 65.9 Å². The molecular formula is C27H27FN2O5S. The molecule has 0 saturated carbocycles. The summed E-state index contributed by atoms with van der Waals surface area (Å²) in [4.78, 5) is 0.0802. The molecular weight excluding hydrogens is 483 g/mol. The first kappa shape index (κ1) is 24.0. The van der Waals surface area contributed by atoms with Gasteiger partial charge >= 0.3 is 0 Å². The largest absolute Gasteiger partial charge is 0.493 e. The molecule has 1 aliphatic carbocycles. The molecule has 0 fully saturated rings. The lowest BCUT2D eigenvalue weighted by Gasteiger charge is -2.38. The molecule has 0 unspecified atom stereocenters. The van der Waals surface area contributed by atoms with Crippen molar-refractivity contribution in [1.82, 2.24) is 0 Å². The van der Waals surface area contributed by atoms with E-state index in [0.717, 1.165) is 23.2 Å². The number of allylic oxidation sites excluding steroid dienone is 2. The van der Waals surface area contributed by atoms with Crippen molar-refractivity contribution in [2.45, 2.75) is 23.3 Å². The Morgan fingerprint density at radius 3 is 2.36 bits per heavy atom. The van der Waals surface area contributed by atoms with Crippen LogP contribution in [0.3, 0.4) is 0 Å². The van der Waals surface area contributed by atoms with E-state index in [0.29, 0.717) is 17.2 Å². The Morgan fingerprint density at radius 2 is 1.69 bits per heavy atom. The Balaban J connectivity index is 1.51. The second-order valence-corrected chi connectivity index (χ2v) is 10.5. The van der Waals surface area contributed by atoms with Crippen molar-refractivity contribution in [3.63, 3.8) is 0 Å². The molecule has 3 atom stereocenters. The van der Waals surface area contributed by atoms with E-state index in [1.807, 2.05) is 12.1 Å². The van der Waals surface area contributed by atoms with Gasteiger partial charge in [-0.2, -0.15) is 0 Å². The second-order valence-electron chi connectivity index (χ2n) is 8.77. The Hall–Kier alpha value is -3.72. The first-order chi connectivity index (χ1) is 17.4. The lowest BCUT2D eigenvalue weighted by molar-refractivity contribution is 0.322. The molecule has 0 aromatic heterocycles. The molecule has 0 spiro atoms. The minimum absolute atomic E-state index is 0.00829. The molecule has 1 aliphatic heterocycles. The van der Waals surface area contributed by atoms with Crippen molar-refractivity contribution in [2.24, 2.45) is 5.92 Å². The maximum absolute atomic E-state index is 14.1. The number of halogens is 1. The van der Waals surface area contributed by atoms with Gasteiger partial charge in [0, 0.05) is 11.6 Å². The van der Waals surface area contributed by atoms with Crippen molar-refractivity contribution in [3.8, 4) is 17.2 Å². The van der Waals surface area contributed by atoms with Crippen LogP contribution < -0.4 is 24.2 Å². The maximum Gasteiger partial charge on any atom is 0.261 e. The summed E-state index contributed by atoms with van der Waals surface area (Å²) in [6.45, 7) is 0. The van der Waals surface area contributed by atoms with Crippen LogP contribution in [-0.4, -0.2) is 29.7 Å². The van der Waals surface area contributed by atoms with Gasteiger partial charge < -0.3 is 19.5 Å². The average molecular weight is 511 g/mol. The SMILES string of the molecule is COc1cc([C@@H]2Nc3ccc(S(=O)(=O)Nc4ccccc4F)cc3[C@@H]3C=CC[C@H]32)cc(OC)c1OC. The zero-order valence-corrected chi connectivity index (χ0v) is 20.9. The van der Waals surface area contributed by atoms with Crippen molar-refractivity contribution < 1.29 is 27.0 Å². The van der Waals surface area contributed by atoms with E-state index >= 15 is 0 Å². The molecule has 188 valence electrons. The van der Waals surface area contributed by atoms with Gasteiger partial charge in [-0.3, -0.25) is 4.72 Å². The van der Waals surface area contributed by atoms with Gasteiger partial charge in [-0.1, -0.05) is 24.3 Å². The summed E-state index contributed by atoms with van der Waals surface area (Å²) in [7, 11) is 0.760. The number of para-hydroxylation sites is 1.